The number of benzene rings is 1. The van der Waals surface area contributed by atoms with E-state index in [1.807, 2.05) is 24.3 Å². The number of hydrogen-bond donors (Lipinski definition) is 0. The standard InChI is InChI=1S/C13H10O3/c14-10-5-6-12-9(13(10)15)7-8-3-1-2-4-11(8)16-12/h1-4H,5-7H2. The largest absolute Gasteiger partial charge is 0.461 e. The third-order valence-electron chi connectivity index (χ3n) is 3.02. The maximum absolute atomic E-state index is 11.7. The summed E-state index contributed by atoms with van der Waals surface area (Å²) >= 11 is 0. The fourth-order valence-electron chi connectivity index (χ4n) is 2.15. The average molecular weight is 214 g/mol. The summed E-state index contributed by atoms with van der Waals surface area (Å²) in [7, 11) is 0. The third kappa shape index (κ3) is 1.28. The predicted octanol–water partition coefficient (Wildman–Crippen LogP) is 1.81. The number of Topliss-reactive ketones (excluding diaryl/α,β-unsaturated/α-hetero) is 2. The minimum Gasteiger partial charge on any atom is -0.461 e. The second kappa shape index (κ2) is 3.30. The Labute approximate surface area is 92.7 Å². The molecular weight excluding hydrogens is 204 g/mol. The highest BCUT2D eigenvalue weighted by molar-refractivity contribution is 6.44. The zero-order valence-electron chi connectivity index (χ0n) is 8.66. The van der Waals surface area contributed by atoms with Crippen LogP contribution in [0.2, 0.25) is 0 Å². The molecule has 0 spiro atoms. The highest BCUT2D eigenvalue weighted by Gasteiger charge is 2.32. The summed E-state index contributed by atoms with van der Waals surface area (Å²) in [4.78, 5) is 23.0. The molecular formula is C13H10O3. The van der Waals surface area contributed by atoms with Crippen LogP contribution >= 0.6 is 0 Å². The van der Waals surface area contributed by atoms with Crippen molar-refractivity contribution in [1.29, 1.82) is 0 Å². The third-order valence-corrected chi connectivity index (χ3v) is 3.02. The van der Waals surface area contributed by atoms with Crippen molar-refractivity contribution >= 4 is 11.6 Å². The minimum absolute atomic E-state index is 0.278. The van der Waals surface area contributed by atoms with E-state index in [2.05, 4.69) is 0 Å². The van der Waals surface area contributed by atoms with Gasteiger partial charge in [0.1, 0.15) is 11.5 Å². The molecule has 1 aliphatic carbocycles. The summed E-state index contributed by atoms with van der Waals surface area (Å²) in [5.41, 5.74) is 1.53. The van der Waals surface area contributed by atoms with Crippen molar-refractivity contribution in [2.24, 2.45) is 0 Å². The summed E-state index contributed by atoms with van der Waals surface area (Å²) in [6.07, 6.45) is 1.35. The van der Waals surface area contributed by atoms with Crippen molar-refractivity contribution in [3.8, 4) is 5.75 Å². The molecule has 1 aromatic carbocycles. The number of rotatable bonds is 0. The number of ether oxygens (including phenoxy) is 1. The number of carbonyl (C=O) groups is 2. The average Bonchev–Trinajstić information content (AvgIpc) is 2.32. The highest BCUT2D eigenvalue weighted by Crippen LogP contribution is 2.34. The Kier molecular flexibility index (Phi) is 1.93. The lowest BCUT2D eigenvalue weighted by Gasteiger charge is -2.25. The van der Waals surface area contributed by atoms with Crippen LogP contribution in [-0.4, -0.2) is 11.6 Å². The molecule has 3 heteroatoms. The van der Waals surface area contributed by atoms with Gasteiger partial charge in [-0.3, -0.25) is 9.59 Å². The van der Waals surface area contributed by atoms with Crippen LogP contribution in [0.15, 0.2) is 35.6 Å². The molecule has 1 aliphatic heterocycles. The SMILES string of the molecule is O=C1CCC2=C(Cc3ccccc3O2)C1=O. The van der Waals surface area contributed by atoms with Crippen molar-refractivity contribution in [2.75, 3.05) is 0 Å². The Bertz CT molecular complexity index is 526. The van der Waals surface area contributed by atoms with E-state index in [-0.39, 0.29) is 18.0 Å². The Morgan fingerprint density at radius 1 is 1.06 bits per heavy atom. The first kappa shape index (κ1) is 9.33. The molecule has 1 aromatic rings. The van der Waals surface area contributed by atoms with E-state index >= 15 is 0 Å². The molecule has 80 valence electrons. The molecule has 3 rings (SSSR count). The Hall–Kier alpha value is -1.90. The van der Waals surface area contributed by atoms with Gasteiger partial charge in [-0.25, -0.2) is 0 Å². The molecule has 0 amide bonds. The molecule has 16 heavy (non-hydrogen) atoms. The second-order valence-electron chi connectivity index (χ2n) is 4.04. The van der Waals surface area contributed by atoms with Crippen LogP contribution in [0.5, 0.6) is 5.75 Å². The van der Waals surface area contributed by atoms with E-state index in [1.54, 1.807) is 0 Å². The quantitative estimate of drug-likeness (QED) is 0.618. The molecule has 0 bridgehead atoms. The van der Waals surface area contributed by atoms with Crippen molar-refractivity contribution in [3.05, 3.63) is 41.2 Å². The number of allylic oxidation sites excluding steroid dienone is 2. The predicted molar refractivity (Wildman–Crippen MR) is 57.0 cm³/mol. The van der Waals surface area contributed by atoms with Crippen LogP contribution in [-0.2, 0) is 16.0 Å². The maximum atomic E-state index is 11.7. The molecule has 2 aliphatic rings. The minimum atomic E-state index is -0.365. The van der Waals surface area contributed by atoms with Gasteiger partial charge < -0.3 is 4.74 Å². The maximum Gasteiger partial charge on any atom is 0.228 e. The molecule has 3 nitrogen and oxygen atoms in total. The molecule has 0 fully saturated rings. The van der Waals surface area contributed by atoms with Gasteiger partial charge >= 0.3 is 0 Å². The van der Waals surface area contributed by atoms with Gasteiger partial charge in [-0.05, 0) is 11.6 Å². The van der Waals surface area contributed by atoms with E-state index in [4.69, 9.17) is 4.74 Å². The first-order valence-electron chi connectivity index (χ1n) is 5.31. The number of para-hydroxylation sites is 1. The van der Waals surface area contributed by atoms with Crippen LogP contribution in [0.3, 0.4) is 0 Å². The van der Waals surface area contributed by atoms with Gasteiger partial charge in [0.2, 0.25) is 11.6 Å². The van der Waals surface area contributed by atoms with Crippen molar-refractivity contribution in [3.63, 3.8) is 0 Å². The molecule has 0 N–H and O–H groups in total. The zero-order chi connectivity index (χ0) is 11.1. The first-order valence-corrected chi connectivity index (χ1v) is 5.31. The summed E-state index contributed by atoms with van der Waals surface area (Å²) in [6, 6.07) is 7.62. The van der Waals surface area contributed by atoms with E-state index < -0.39 is 0 Å². The van der Waals surface area contributed by atoms with E-state index in [0.717, 1.165) is 11.3 Å². The van der Waals surface area contributed by atoms with Crippen LogP contribution in [0.4, 0.5) is 0 Å². The Morgan fingerprint density at radius 3 is 2.75 bits per heavy atom. The van der Waals surface area contributed by atoms with Crippen molar-refractivity contribution in [1.82, 2.24) is 0 Å². The molecule has 0 radical (unpaired) electrons. The van der Waals surface area contributed by atoms with E-state index in [0.29, 0.717) is 24.2 Å². The van der Waals surface area contributed by atoms with Crippen molar-refractivity contribution in [2.45, 2.75) is 19.3 Å². The van der Waals surface area contributed by atoms with Crippen LogP contribution in [0, 0.1) is 0 Å². The lowest BCUT2D eigenvalue weighted by atomic mass is 9.88. The molecule has 1 heterocycles. The van der Waals surface area contributed by atoms with Crippen LogP contribution in [0.1, 0.15) is 18.4 Å². The summed E-state index contributed by atoms with van der Waals surface area (Å²) in [6.45, 7) is 0. The first-order chi connectivity index (χ1) is 7.75. The van der Waals surface area contributed by atoms with Crippen LogP contribution in [0.25, 0.3) is 0 Å². The Morgan fingerprint density at radius 2 is 1.88 bits per heavy atom. The molecule has 0 saturated carbocycles. The smallest absolute Gasteiger partial charge is 0.228 e. The van der Waals surface area contributed by atoms with Gasteiger partial charge in [0.05, 0.1) is 0 Å². The molecule has 0 atom stereocenters. The number of hydrogen-bond acceptors (Lipinski definition) is 3. The lowest BCUT2D eigenvalue weighted by Crippen LogP contribution is -2.27. The second-order valence-corrected chi connectivity index (χ2v) is 4.04. The summed E-state index contributed by atoms with van der Waals surface area (Å²) in [5, 5.41) is 0. The van der Waals surface area contributed by atoms with Gasteiger partial charge in [-0.2, -0.15) is 0 Å². The van der Waals surface area contributed by atoms with Crippen molar-refractivity contribution < 1.29 is 14.3 Å². The number of fused-ring (bicyclic) bond motifs is 1. The summed E-state index contributed by atoms with van der Waals surface area (Å²) in [5.74, 6) is 0.837. The molecule has 0 aromatic heterocycles. The highest BCUT2D eigenvalue weighted by atomic mass is 16.5. The zero-order valence-corrected chi connectivity index (χ0v) is 8.66. The van der Waals surface area contributed by atoms with Gasteiger partial charge in [-0.1, -0.05) is 18.2 Å². The lowest BCUT2D eigenvalue weighted by molar-refractivity contribution is -0.135. The van der Waals surface area contributed by atoms with Crippen LogP contribution < -0.4 is 4.74 Å². The molecule has 0 saturated heterocycles. The van der Waals surface area contributed by atoms with Gasteiger partial charge in [0.15, 0.2) is 0 Å². The monoisotopic (exact) mass is 214 g/mol. The van der Waals surface area contributed by atoms with E-state index in [9.17, 15) is 9.59 Å². The number of carbonyl (C=O) groups excluding carboxylic acids is 2. The van der Waals surface area contributed by atoms with Gasteiger partial charge in [0.25, 0.3) is 0 Å². The Balaban J connectivity index is 2.05. The summed E-state index contributed by atoms with van der Waals surface area (Å²) < 4.78 is 5.66. The van der Waals surface area contributed by atoms with Gasteiger partial charge in [-0.15, -0.1) is 0 Å². The van der Waals surface area contributed by atoms with E-state index in [1.165, 1.54) is 0 Å². The normalized spacial score (nSPS) is 19.0. The van der Waals surface area contributed by atoms with Gasteiger partial charge in [0, 0.05) is 24.8 Å². The topological polar surface area (TPSA) is 43.4 Å². The fourth-order valence-corrected chi connectivity index (χ4v) is 2.15. The fraction of sp³-hybridized carbons (Fsp3) is 0.231. The molecule has 0 unspecified atom stereocenters. The number of ketones is 2.